The van der Waals surface area contributed by atoms with Crippen LogP contribution in [-0.2, 0) is 17.8 Å². The minimum absolute atomic E-state index is 0.0301. The molecule has 0 aliphatic rings. The van der Waals surface area contributed by atoms with Crippen LogP contribution in [-0.4, -0.2) is 43.9 Å². The molecule has 2 aromatic carbocycles. The summed E-state index contributed by atoms with van der Waals surface area (Å²) < 4.78 is 0. The van der Waals surface area contributed by atoms with Gasteiger partial charge in [-0.1, -0.05) is 42.5 Å². The van der Waals surface area contributed by atoms with Gasteiger partial charge in [-0.2, -0.15) is 0 Å². The number of aryl methyl sites for hydroxylation is 1. The van der Waals surface area contributed by atoms with E-state index in [0.717, 1.165) is 18.4 Å². The summed E-state index contributed by atoms with van der Waals surface area (Å²) in [7, 11) is 3.53. The predicted octanol–water partition coefficient (Wildman–Crippen LogP) is 2.23. The van der Waals surface area contributed by atoms with E-state index >= 15 is 0 Å². The molecule has 2 amide bonds. The SMILES string of the molecule is CNC(=O)c1ccc(CN(C)CC(=O)NCCCc2ccccc2)cc1. The Kier molecular flexibility index (Phi) is 7.83. The van der Waals surface area contributed by atoms with Crippen LogP contribution in [0.4, 0.5) is 0 Å². The Hall–Kier alpha value is -2.66. The van der Waals surface area contributed by atoms with E-state index in [1.54, 1.807) is 19.2 Å². The zero-order chi connectivity index (χ0) is 18.8. The maximum atomic E-state index is 12.0. The van der Waals surface area contributed by atoms with Crippen LogP contribution in [0.1, 0.15) is 27.9 Å². The molecular formula is C21H27N3O2. The van der Waals surface area contributed by atoms with E-state index in [1.165, 1.54) is 5.56 Å². The van der Waals surface area contributed by atoms with Crippen LogP contribution >= 0.6 is 0 Å². The Morgan fingerprint density at radius 1 is 0.962 bits per heavy atom. The van der Waals surface area contributed by atoms with Crippen molar-refractivity contribution < 1.29 is 9.59 Å². The van der Waals surface area contributed by atoms with Gasteiger partial charge in [-0.05, 0) is 43.1 Å². The van der Waals surface area contributed by atoms with Crippen LogP contribution in [0.3, 0.4) is 0 Å². The number of nitrogens with zero attached hydrogens (tertiary/aromatic N) is 1. The van der Waals surface area contributed by atoms with Gasteiger partial charge in [0.15, 0.2) is 0 Å². The van der Waals surface area contributed by atoms with E-state index in [9.17, 15) is 9.59 Å². The molecule has 0 saturated heterocycles. The molecule has 2 rings (SSSR count). The van der Waals surface area contributed by atoms with Crippen LogP contribution in [0.15, 0.2) is 54.6 Å². The van der Waals surface area contributed by atoms with Gasteiger partial charge in [-0.25, -0.2) is 0 Å². The fraction of sp³-hybridized carbons (Fsp3) is 0.333. The second-order valence-electron chi connectivity index (χ2n) is 6.39. The van der Waals surface area contributed by atoms with Gasteiger partial charge < -0.3 is 10.6 Å². The topological polar surface area (TPSA) is 61.4 Å². The molecule has 0 aromatic heterocycles. The van der Waals surface area contributed by atoms with Crippen LogP contribution in [0, 0.1) is 0 Å². The zero-order valence-corrected chi connectivity index (χ0v) is 15.5. The van der Waals surface area contributed by atoms with E-state index in [4.69, 9.17) is 0 Å². The minimum Gasteiger partial charge on any atom is -0.355 e. The third-order valence-corrected chi connectivity index (χ3v) is 4.12. The van der Waals surface area contributed by atoms with Crippen molar-refractivity contribution in [2.75, 3.05) is 27.2 Å². The summed E-state index contributed by atoms with van der Waals surface area (Å²) in [5.74, 6) is -0.0673. The van der Waals surface area contributed by atoms with Crippen molar-refractivity contribution >= 4 is 11.8 Å². The van der Waals surface area contributed by atoms with E-state index in [0.29, 0.717) is 25.2 Å². The Bertz CT molecular complexity index is 699. The lowest BCUT2D eigenvalue weighted by atomic mass is 10.1. The molecule has 5 nitrogen and oxygen atoms in total. The smallest absolute Gasteiger partial charge is 0.251 e. The van der Waals surface area contributed by atoms with Crippen molar-refractivity contribution in [2.45, 2.75) is 19.4 Å². The molecule has 2 aromatic rings. The van der Waals surface area contributed by atoms with Crippen molar-refractivity contribution in [2.24, 2.45) is 0 Å². The lowest BCUT2D eigenvalue weighted by Gasteiger charge is -2.16. The van der Waals surface area contributed by atoms with Gasteiger partial charge in [0.25, 0.3) is 5.91 Å². The average Bonchev–Trinajstić information content (AvgIpc) is 2.66. The number of hydrogen-bond donors (Lipinski definition) is 2. The van der Waals surface area contributed by atoms with Crippen LogP contribution in [0.2, 0.25) is 0 Å². The van der Waals surface area contributed by atoms with Gasteiger partial charge in [-0.3, -0.25) is 14.5 Å². The van der Waals surface area contributed by atoms with Gasteiger partial charge in [-0.15, -0.1) is 0 Å². The van der Waals surface area contributed by atoms with Crippen LogP contribution in [0.25, 0.3) is 0 Å². The van der Waals surface area contributed by atoms with Gasteiger partial charge in [0.05, 0.1) is 6.54 Å². The van der Waals surface area contributed by atoms with Crippen LogP contribution in [0.5, 0.6) is 0 Å². The number of rotatable bonds is 9. The van der Waals surface area contributed by atoms with Gasteiger partial charge >= 0.3 is 0 Å². The summed E-state index contributed by atoms with van der Waals surface area (Å²) in [5, 5.41) is 5.57. The van der Waals surface area contributed by atoms with E-state index in [-0.39, 0.29) is 11.8 Å². The molecule has 0 unspecified atom stereocenters. The second kappa shape index (κ2) is 10.4. The maximum Gasteiger partial charge on any atom is 0.251 e. The normalized spacial score (nSPS) is 10.6. The molecule has 138 valence electrons. The highest BCUT2D eigenvalue weighted by Gasteiger charge is 2.08. The summed E-state index contributed by atoms with van der Waals surface area (Å²) in [6.07, 6.45) is 1.90. The molecule has 0 aliphatic heterocycles. The largest absolute Gasteiger partial charge is 0.355 e. The van der Waals surface area contributed by atoms with Gasteiger partial charge in [0, 0.05) is 25.7 Å². The summed E-state index contributed by atoms with van der Waals surface area (Å²) in [5.41, 5.74) is 2.99. The Balaban J connectivity index is 1.67. The molecule has 5 heteroatoms. The summed E-state index contributed by atoms with van der Waals surface area (Å²) in [6, 6.07) is 17.7. The Labute approximate surface area is 155 Å². The molecule has 0 atom stereocenters. The van der Waals surface area contributed by atoms with E-state index in [1.807, 2.05) is 42.3 Å². The molecule has 0 radical (unpaired) electrons. The third kappa shape index (κ3) is 6.69. The molecule has 0 spiro atoms. The number of likely N-dealkylation sites (N-methyl/N-ethyl adjacent to an activating group) is 1. The number of nitrogens with one attached hydrogen (secondary N) is 2. The quantitative estimate of drug-likeness (QED) is 0.680. The van der Waals surface area contributed by atoms with Crippen molar-refractivity contribution in [3.8, 4) is 0 Å². The number of hydrogen-bond acceptors (Lipinski definition) is 3. The highest BCUT2D eigenvalue weighted by Crippen LogP contribution is 2.07. The fourth-order valence-electron chi connectivity index (χ4n) is 2.74. The summed E-state index contributed by atoms with van der Waals surface area (Å²) >= 11 is 0. The second-order valence-corrected chi connectivity index (χ2v) is 6.39. The third-order valence-electron chi connectivity index (χ3n) is 4.12. The first-order valence-electron chi connectivity index (χ1n) is 8.88. The lowest BCUT2D eigenvalue weighted by molar-refractivity contribution is -0.122. The number of carbonyl (C=O) groups excluding carboxylic acids is 2. The van der Waals surface area contributed by atoms with Crippen molar-refractivity contribution in [1.82, 2.24) is 15.5 Å². The number of amides is 2. The summed E-state index contributed by atoms with van der Waals surface area (Å²) in [4.78, 5) is 25.5. The maximum absolute atomic E-state index is 12.0. The standard InChI is InChI=1S/C21H27N3O2/c1-22-21(26)19-12-10-18(11-13-19)15-24(2)16-20(25)23-14-6-9-17-7-4-3-5-8-17/h3-5,7-8,10-13H,6,9,14-16H2,1-2H3,(H,22,26)(H,23,25). The molecule has 0 aliphatic carbocycles. The van der Waals surface area contributed by atoms with Crippen molar-refractivity contribution in [3.05, 3.63) is 71.3 Å². The van der Waals surface area contributed by atoms with Crippen molar-refractivity contribution in [3.63, 3.8) is 0 Å². The lowest BCUT2D eigenvalue weighted by Crippen LogP contribution is -2.35. The zero-order valence-electron chi connectivity index (χ0n) is 15.5. The fourth-order valence-corrected chi connectivity index (χ4v) is 2.74. The highest BCUT2D eigenvalue weighted by molar-refractivity contribution is 5.93. The van der Waals surface area contributed by atoms with E-state index in [2.05, 4.69) is 22.8 Å². The summed E-state index contributed by atoms with van der Waals surface area (Å²) in [6.45, 7) is 1.69. The highest BCUT2D eigenvalue weighted by atomic mass is 16.2. The molecule has 0 saturated carbocycles. The van der Waals surface area contributed by atoms with Crippen molar-refractivity contribution in [1.29, 1.82) is 0 Å². The minimum atomic E-state index is -0.0974. The van der Waals surface area contributed by atoms with E-state index < -0.39 is 0 Å². The predicted molar refractivity (Wildman–Crippen MR) is 104 cm³/mol. The first kappa shape index (κ1) is 19.7. The first-order valence-corrected chi connectivity index (χ1v) is 8.88. The molecule has 26 heavy (non-hydrogen) atoms. The molecule has 0 heterocycles. The average molecular weight is 353 g/mol. The number of benzene rings is 2. The Morgan fingerprint density at radius 3 is 2.31 bits per heavy atom. The molecule has 2 N–H and O–H groups in total. The van der Waals surface area contributed by atoms with Gasteiger partial charge in [0.2, 0.25) is 5.91 Å². The molecule has 0 fully saturated rings. The number of carbonyl (C=O) groups is 2. The monoisotopic (exact) mass is 353 g/mol. The first-order chi connectivity index (χ1) is 12.6. The molecule has 0 bridgehead atoms. The van der Waals surface area contributed by atoms with Gasteiger partial charge in [0.1, 0.15) is 0 Å². The molecular weight excluding hydrogens is 326 g/mol. The Morgan fingerprint density at radius 2 is 1.65 bits per heavy atom. The van der Waals surface area contributed by atoms with Crippen LogP contribution < -0.4 is 10.6 Å².